The minimum absolute atomic E-state index is 0.553. The van der Waals surface area contributed by atoms with E-state index in [4.69, 9.17) is 9.26 Å². The van der Waals surface area contributed by atoms with Crippen molar-refractivity contribution in [1.82, 2.24) is 20.4 Å². The minimum atomic E-state index is 0.553. The van der Waals surface area contributed by atoms with Gasteiger partial charge in [0.05, 0.1) is 18.8 Å². The van der Waals surface area contributed by atoms with Crippen LogP contribution in [0.25, 0.3) is 11.5 Å². The summed E-state index contributed by atoms with van der Waals surface area (Å²) in [4.78, 5) is 7.26. The van der Waals surface area contributed by atoms with Crippen LogP contribution in [0.1, 0.15) is 5.89 Å². The molecule has 0 saturated heterocycles. The van der Waals surface area contributed by atoms with Gasteiger partial charge in [0, 0.05) is 19.9 Å². The number of nitrogens with zero attached hydrogens (tertiary/aromatic N) is 2. The Morgan fingerprint density at radius 2 is 2.50 bits per heavy atom. The van der Waals surface area contributed by atoms with E-state index in [0.717, 1.165) is 12.2 Å². The molecule has 0 unspecified atom stereocenters. The molecule has 0 aliphatic heterocycles. The molecule has 2 aromatic rings. The predicted molar refractivity (Wildman–Crippen MR) is 57.7 cm³/mol. The highest BCUT2D eigenvalue weighted by Crippen LogP contribution is 2.11. The highest BCUT2D eigenvalue weighted by Gasteiger charge is 2.07. The average molecular weight is 222 g/mol. The summed E-state index contributed by atoms with van der Waals surface area (Å²) in [5.74, 6) is 1.15. The lowest BCUT2D eigenvalue weighted by Gasteiger charge is -1.98. The third-order valence-electron chi connectivity index (χ3n) is 2.07. The number of rotatable bonds is 6. The zero-order valence-electron chi connectivity index (χ0n) is 9.06. The smallest absolute Gasteiger partial charge is 0.240 e. The lowest BCUT2D eigenvalue weighted by Crippen LogP contribution is -2.18. The number of aromatic amines is 1. The Labute approximate surface area is 93.0 Å². The molecule has 2 N–H and O–H groups in total. The van der Waals surface area contributed by atoms with Gasteiger partial charge in [0.1, 0.15) is 0 Å². The highest BCUT2D eigenvalue weighted by molar-refractivity contribution is 5.47. The number of aromatic nitrogens is 3. The van der Waals surface area contributed by atoms with Crippen molar-refractivity contribution in [3.63, 3.8) is 0 Å². The maximum Gasteiger partial charge on any atom is 0.240 e. The first-order valence-electron chi connectivity index (χ1n) is 5.06. The van der Waals surface area contributed by atoms with Crippen LogP contribution in [-0.4, -0.2) is 35.4 Å². The Balaban J connectivity index is 1.88. The first-order chi connectivity index (χ1) is 7.90. The topological polar surface area (TPSA) is 76.0 Å². The Morgan fingerprint density at radius 1 is 1.56 bits per heavy atom. The van der Waals surface area contributed by atoms with Gasteiger partial charge in [0.15, 0.2) is 0 Å². The van der Waals surface area contributed by atoms with E-state index in [-0.39, 0.29) is 0 Å². The molecule has 0 aromatic carbocycles. The number of hydrogen-bond donors (Lipinski definition) is 2. The van der Waals surface area contributed by atoms with Gasteiger partial charge in [-0.2, -0.15) is 4.98 Å². The standard InChI is InChI=1S/C10H14N4O2/c1-15-6-5-11-7-9-13-10(14-16-9)8-3-2-4-12-8/h2-4,11-12H,5-7H2,1H3. The lowest BCUT2D eigenvalue weighted by atomic mass is 10.4. The van der Waals surface area contributed by atoms with E-state index in [9.17, 15) is 0 Å². The van der Waals surface area contributed by atoms with Crippen LogP contribution in [0.2, 0.25) is 0 Å². The Hall–Kier alpha value is -1.66. The molecular formula is C10H14N4O2. The van der Waals surface area contributed by atoms with Crippen molar-refractivity contribution in [3.8, 4) is 11.5 Å². The normalized spacial score (nSPS) is 10.8. The minimum Gasteiger partial charge on any atom is -0.383 e. The van der Waals surface area contributed by atoms with E-state index in [0.29, 0.717) is 24.9 Å². The van der Waals surface area contributed by atoms with Crippen molar-refractivity contribution >= 4 is 0 Å². The van der Waals surface area contributed by atoms with Crippen molar-refractivity contribution in [2.45, 2.75) is 6.54 Å². The van der Waals surface area contributed by atoms with Gasteiger partial charge in [-0.05, 0) is 12.1 Å². The van der Waals surface area contributed by atoms with Gasteiger partial charge < -0.3 is 19.6 Å². The van der Waals surface area contributed by atoms with Crippen LogP contribution in [0.5, 0.6) is 0 Å². The Kier molecular flexibility index (Phi) is 3.68. The van der Waals surface area contributed by atoms with Crippen molar-refractivity contribution in [2.24, 2.45) is 0 Å². The van der Waals surface area contributed by atoms with Gasteiger partial charge in [0.25, 0.3) is 0 Å². The molecule has 86 valence electrons. The van der Waals surface area contributed by atoms with Crippen molar-refractivity contribution in [3.05, 3.63) is 24.2 Å². The second kappa shape index (κ2) is 5.43. The van der Waals surface area contributed by atoms with E-state index < -0.39 is 0 Å². The molecule has 0 saturated carbocycles. The molecular weight excluding hydrogens is 208 g/mol. The third kappa shape index (κ3) is 2.68. The molecule has 6 heteroatoms. The van der Waals surface area contributed by atoms with Gasteiger partial charge >= 0.3 is 0 Å². The lowest BCUT2D eigenvalue weighted by molar-refractivity contribution is 0.197. The highest BCUT2D eigenvalue weighted by atomic mass is 16.5. The molecule has 0 atom stereocenters. The van der Waals surface area contributed by atoms with E-state index >= 15 is 0 Å². The SMILES string of the molecule is COCCNCc1nc(-c2ccc[nH]2)no1. The Morgan fingerprint density at radius 3 is 3.25 bits per heavy atom. The van der Waals surface area contributed by atoms with E-state index in [1.54, 1.807) is 7.11 Å². The molecule has 0 aliphatic rings. The van der Waals surface area contributed by atoms with Gasteiger partial charge in [-0.1, -0.05) is 5.16 Å². The van der Waals surface area contributed by atoms with Gasteiger partial charge in [-0.3, -0.25) is 0 Å². The molecule has 6 nitrogen and oxygen atoms in total. The molecule has 0 aliphatic carbocycles. The van der Waals surface area contributed by atoms with Gasteiger partial charge in [-0.15, -0.1) is 0 Å². The molecule has 2 rings (SSSR count). The summed E-state index contributed by atoms with van der Waals surface area (Å²) in [6.45, 7) is 1.98. The molecule has 2 aromatic heterocycles. The van der Waals surface area contributed by atoms with Crippen molar-refractivity contribution in [1.29, 1.82) is 0 Å². The van der Waals surface area contributed by atoms with Crippen LogP contribution >= 0.6 is 0 Å². The first kappa shape index (κ1) is 10.8. The van der Waals surface area contributed by atoms with E-state index in [2.05, 4.69) is 20.4 Å². The summed E-state index contributed by atoms with van der Waals surface area (Å²) < 4.78 is 9.99. The molecule has 0 bridgehead atoms. The maximum atomic E-state index is 5.08. The molecule has 2 heterocycles. The summed E-state index contributed by atoms with van der Waals surface area (Å²) in [6, 6.07) is 3.79. The van der Waals surface area contributed by atoms with Crippen LogP contribution < -0.4 is 5.32 Å². The summed E-state index contributed by atoms with van der Waals surface area (Å²) in [5, 5.41) is 7.00. The Bertz CT molecular complexity index is 410. The van der Waals surface area contributed by atoms with Crippen molar-refractivity contribution in [2.75, 3.05) is 20.3 Å². The number of ether oxygens (including phenoxy) is 1. The fourth-order valence-electron chi connectivity index (χ4n) is 1.28. The zero-order chi connectivity index (χ0) is 11.2. The van der Waals surface area contributed by atoms with E-state index in [1.807, 2.05) is 18.3 Å². The predicted octanol–water partition coefficient (Wildman–Crippen LogP) is 0.801. The molecule has 0 spiro atoms. The summed E-state index contributed by atoms with van der Waals surface area (Å²) in [6.07, 6.45) is 1.82. The van der Waals surface area contributed by atoms with Crippen molar-refractivity contribution < 1.29 is 9.26 Å². The largest absolute Gasteiger partial charge is 0.383 e. The van der Waals surface area contributed by atoms with Gasteiger partial charge in [0.2, 0.25) is 11.7 Å². The van der Waals surface area contributed by atoms with Crippen LogP contribution in [-0.2, 0) is 11.3 Å². The number of methoxy groups -OCH3 is 1. The summed E-state index contributed by atoms with van der Waals surface area (Å²) in [5.41, 5.74) is 0.854. The van der Waals surface area contributed by atoms with Crippen LogP contribution in [0.15, 0.2) is 22.9 Å². The van der Waals surface area contributed by atoms with Gasteiger partial charge in [-0.25, -0.2) is 0 Å². The van der Waals surface area contributed by atoms with E-state index in [1.165, 1.54) is 0 Å². The fraction of sp³-hybridized carbons (Fsp3) is 0.400. The average Bonchev–Trinajstić information content (AvgIpc) is 2.94. The van der Waals surface area contributed by atoms with Crippen LogP contribution in [0.3, 0.4) is 0 Å². The number of nitrogens with one attached hydrogen (secondary N) is 2. The fourth-order valence-corrected chi connectivity index (χ4v) is 1.28. The first-order valence-corrected chi connectivity index (χ1v) is 5.06. The van der Waals surface area contributed by atoms with Crippen LogP contribution in [0.4, 0.5) is 0 Å². The van der Waals surface area contributed by atoms with Crippen LogP contribution in [0, 0.1) is 0 Å². The summed E-state index contributed by atoms with van der Waals surface area (Å²) in [7, 11) is 1.66. The number of H-pyrrole nitrogens is 1. The molecule has 0 radical (unpaired) electrons. The molecule has 0 fully saturated rings. The second-order valence-corrected chi connectivity index (χ2v) is 3.27. The summed E-state index contributed by atoms with van der Waals surface area (Å²) >= 11 is 0. The maximum absolute atomic E-state index is 5.08. The molecule has 16 heavy (non-hydrogen) atoms. The third-order valence-corrected chi connectivity index (χ3v) is 2.07. The number of hydrogen-bond acceptors (Lipinski definition) is 5. The molecule has 0 amide bonds. The second-order valence-electron chi connectivity index (χ2n) is 3.27. The monoisotopic (exact) mass is 222 g/mol. The zero-order valence-corrected chi connectivity index (χ0v) is 9.06. The quantitative estimate of drug-likeness (QED) is 0.707.